The highest BCUT2D eigenvalue weighted by Gasteiger charge is 2.51. The zero-order valence-corrected chi connectivity index (χ0v) is 14.5. The molecule has 0 saturated heterocycles. The molecule has 0 atom stereocenters. The van der Waals surface area contributed by atoms with Crippen LogP contribution in [0.3, 0.4) is 0 Å². The number of nitrogens with one attached hydrogen (secondary N) is 1. The minimum Gasteiger partial charge on any atom is -0.478 e. The van der Waals surface area contributed by atoms with Crippen LogP contribution < -0.4 is 0 Å². The number of rotatable bonds is 4. The monoisotopic (exact) mass is 335 g/mol. The van der Waals surface area contributed by atoms with Gasteiger partial charge in [0, 0.05) is 11.4 Å². The molecule has 4 saturated carbocycles. The van der Waals surface area contributed by atoms with Crippen molar-refractivity contribution in [2.45, 2.75) is 44.9 Å². The zero-order chi connectivity index (χ0) is 17.0. The molecule has 6 rings (SSSR count). The molecule has 4 aliphatic carbocycles. The molecular formula is C22H25NO2. The molecule has 1 aromatic carbocycles. The predicted molar refractivity (Wildman–Crippen MR) is 97.5 cm³/mol. The van der Waals surface area contributed by atoms with E-state index in [-0.39, 0.29) is 0 Å². The van der Waals surface area contributed by atoms with Gasteiger partial charge in [0.25, 0.3) is 0 Å². The van der Waals surface area contributed by atoms with Gasteiger partial charge in [0.2, 0.25) is 0 Å². The number of hydrogen-bond donors (Lipinski definition) is 2. The summed E-state index contributed by atoms with van der Waals surface area (Å²) >= 11 is 0. The van der Waals surface area contributed by atoms with Crippen LogP contribution in [0.15, 0.2) is 36.4 Å². The Morgan fingerprint density at radius 3 is 2.20 bits per heavy atom. The molecule has 0 unspecified atom stereocenters. The van der Waals surface area contributed by atoms with Gasteiger partial charge in [-0.3, -0.25) is 0 Å². The van der Waals surface area contributed by atoms with E-state index >= 15 is 0 Å². The topological polar surface area (TPSA) is 53.1 Å². The lowest BCUT2D eigenvalue weighted by molar-refractivity contribution is -0.0526. The number of carboxylic acid groups (broad SMARTS) is 1. The first-order valence-corrected chi connectivity index (χ1v) is 9.61. The van der Waals surface area contributed by atoms with E-state index in [9.17, 15) is 9.90 Å². The third-order valence-electron chi connectivity index (χ3n) is 6.93. The van der Waals surface area contributed by atoms with Crippen molar-refractivity contribution in [1.82, 2.24) is 4.98 Å². The standard InChI is InChI=1S/C22H25NO2/c24-21(25)18-9-19(17-4-2-1-3-5-17)23-20(18)13-22-10-14-6-15(11-22)8-16(7-14)12-22/h1-5,9,14-16,23H,6-8,10-13H2,(H,24,25). The molecule has 1 aromatic heterocycles. The Morgan fingerprint density at radius 2 is 1.64 bits per heavy atom. The summed E-state index contributed by atoms with van der Waals surface area (Å²) in [5.41, 5.74) is 3.74. The molecule has 130 valence electrons. The van der Waals surface area contributed by atoms with Crippen molar-refractivity contribution in [3.63, 3.8) is 0 Å². The summed E-state index contributed by atoms with van der Waals surface area (Å²) in [5.74, 6) is 1.87. The van der Waals surface area contributed by atoms with Crippen LogP contribution in [-0.4, -0.2) is 16.1 Å². The quantitative estimate of drug-likeness (QED) is 0.813. The van der Waals surface area contributed by atoms with Crippen molar-refractivity contribution in [2.24, 2.45) is 23.2 Å². The summed E-state index contributed by atoms with van der Waals surface area (Å²) in [6.07, 6.45) is 9.08. The Bertz CT molecular complexity index is 769. The Labute approximate surface area is 148 Å². The van der Waals surface area contributed by atoms with Gasteiger partial charge in [0.15, 0.2) is 0 Å². The molecule has 0 spiro atoms. The van der Waals surface area contributed by atoms with Gasteiger partial charge >= 0.3 is 5.97 Å². The lowest BCUT2D eigenvalue weighted by Crippen LogP contribution is -2.47. The molecule has 2 N–H and O–H groups in total. The first-order chi connectivity index (χ1) is 12.1. The zero-order valence-electron chi connectivity index (χ0n) is 14.5. The number of carboxylic acids is 1. The molecule has 4 fully saturated rings. The fraction of sp³-hybridized carbons (Fsp3) is 0.500. The maximum atomic E-state index is 11.8. The molecular weight excluding hydrogens is 310 g/mol. The van der Waals surface area contributed by atoms with Crippen LogP contribution in [0.2, 0.25) is 0 Å². The van der Waals surface area contributed by atoms with E-state index in [1.54, 1.807) is 0 Å². The van der Waals surface area contributed by atoms with Crippen LogP contribution in [0.5, 0.6) is 0 Å². The molecule has 25 heavy (non-hydrogen) atoms. The summed E-state index contributed by atoms with van der Waals surface area (Å²) in [6, 6.07) is 11.9. The highest BCUT2D eigenvalue weighted by molar-refractivity contribution is 5.91. The van der Waals surface area contributed by atoms with Crippen LogP contribution >= 0.6 is 0 Å². The fourth-order valence-electron chi connectivity index (χ4n) is 6.48. The minimum atomic E-state index is -0.807. The molecule has 0 amide bonds. The van der Waals surface area contributed by atoms with Crippen LogP contribution in [0.4, 0.5) is 0 Å². The number of hydrogen-bond acceptors (Lipinski definition) is 1. The number of aromatic nitrogens is 1. The van der Waals surface area contributed by atoms with E-state index in [4.69, 9.17) is 0 Å². The van der Waals surface area contributed by atoms with Crippen molar-refractivity contribution < 1.29 is 9.90 Å². The molecule has 0 radical (unpaired) electrons. The third kappa shape index (κ3) is 2.61. The molecule has 3 nitrogen and oxygen atoms in total. The maximum Gasteiger partial charge on any atom is 0.337 e. The summed E-state index contributed by atoms with van der Waals surface area (Å²) in [6.45, 7) is 0. The van der Waals surface area contributed by atoms with E-state index in [1.165, 1.54) is 38.5 Å². The summed E-state index contributed by atoms with van der Waals surface area (Å²) in [5, 5.41) is 9.72. The largest absolute Gasteiger partial charge is 0.478 e. The number of aromatic carboxylic acids is 1. The van der Waals surface area contributed by atoms with Crippen LogP contribution in [0.25, 0.3) is 11.3 Å². The van der Waals surface area contributed by atoms with Crippen LogP contribution in [-0.2, 0) is 6.42 Å². The second-order valence-electron chi connectivity index (χ2n) is 8.84. The van der Waals surface area contributed by atoms with E-state index in [1.807, 2.05) is 36.4 Å². The molecule has 4 bridgehead atoms. The first-order valence-electron chi connectivity index (χ1n) is 9.61. The second kappa shape index (κ2) is 5.48. The lowest BCUT2D eigenvalue weighted by atomic mass is 9.48. The summed E-state index contributed by atoms with van der Waals surface area (Å²) < 4.78 is 0. The van der Waals surface area contributed by atoms with Crippen molar-refractivity contribution >= 4 is 5.97 Å². The van der Waals surface area contributed by atoms with Gasteiger partial charge in [-0.15, -0.1) is 0 Å². The Kier molecular flexibility index (Phi) is 3.34. The SMILES string of the molecule is O=C(O)c1cc(-c2ccccc2)[nH]c1CC12CC3CC(CC(C3)C1)C2. The van der Waals surface area contributed by atoms with E-state index < -0.39 is 5.97 Å². The van der Waals surface area contributed by atoms with Crippen LogP contribution in [0, 0.1) is 23.2 Å². The van der Waals surface area contributed by atoms with Crippen molar-refractivity contribution in [2.75, 3.05) is 0 Å². The van der Waals surface area contributed by atoms with Gasteiger partial charge in [0.05, 0.1) is 5.56 Å². The summed E-state index contributed by atoms with van der Waals surface area (Å²) in [4.78, 5) is 15.3. The van der Waals surface area contributed by atoms with Gasteiger partial charge in [-0.05, 0) is 79.7 Å². The van der Waals surface area contributed by atoms with Crippen LogP contribution in [0.1, 0.15) is 54.6 Å². The molecule has 2 aromatic rings. The van der Waals surface area contributed by atoms with Gasteiger partial charge in [-0.2, -0.15) is 0 Å². The molecule has 3 heteroatoms. The normalized spacial score (nSPS) is 32.9. The Morgan fingerprint density at radius 1 is 1.04 bits per heavy atom. The van der Waals surface area contributed by atoms with Crippen molar-refractivity contribution in [1.29, 1.82) is 0 Å². The first kappa shape index (κ1) is 15.2. The molecule has 4 aliphatic rings. The van der Waals surface area contributed by atoms with E-state index in [0.29, 0.717) is 11.0 Å². The summed E-state index contributed by atoms with van der Waals surface area (Å²) in [7, 11) is 0. The van der Waals surface area contributed by atoms with Gasteiger partial charge in [0.1, 0.15) is 0 Å². The number of carbonyl (C=O) groups is 1. The third-order valence-corrected chi connectivity index (χ3v) is 6.93. The predicted octanol–water partition coefficient (Wildman–Crippen LogP) is 5.14. The number of H-pyrrole nitrogens is 1. The fourth-order valence-corrected chi connectivity index (χ4v) is 6.48. The smallest absolute Gasteiger partial charge is 0.337 e. The number of aromatic amines is 1. The lowest BCUT2D eigenvalue weighted by Gasteiger charge is -2.57. The maximum absolute atomic E-state index is 11.8. The van der Waals surface area contributed by atoms with Crippen molar-refractivity contribution in [3.05, 3.63) is 47.7 Å². The Hall–Kier alpha value is -2.03. The molecule has 1 heterocycles. The van der Waals surface area contributed by atoms with E-state index in [0.717, 1.165) is 41.1 Å². The number of benzene rings is 1. The minimum absolute atomic E-state index is 0.345. The van der Waals surface area contributed by atoms with Gasteiger partial charge in [-0.1, -0.05) is 30.3 Å². The average Bonchev–Trinajstić information content (AvgIpc) is 2.98. The Balaban J connectivity index is 1.49. The van der Waals surface area contributed by atoms with E-state index in [2.05, 4.69) is 4.98 Å². The highest BCUT2D eigenvalue weighted by Crippen LogP contribution is 2.61. The molecule has 0 aliphatic heterocycles. The van der Waals surface area contributed by atoms with Gasteiger partial charge < -0.3 is 10.1 Å². The second-order valence-corrected chi connectivity index (χ2v) is 8.84. The highest BCUT2D eigenvalue weighted by atomic mass is 16.4. The van der Waals surface area contributed by atoms with Crippen molar-refractivity contribution in [3.8, 4) is 11.3 Å². The van der Waals surface area contributed by atoms with Gasteiger partial charge in [-0.25, -0.2) is 4.79 Å². The average molecular weight is 335 g/mol.